The normalized spacial score (nSPS) is 17.5. The Hall–Kier alpha value is -2.67. The highest BCUT2D eigenvalue weighted by molar-refractivity contribution is 7.80. The number of hydrogen-bond acceptors (Lipinski definition) is 4. The zero-order chi connectivity index (χ0) is 15.7. The molecule has 1 aromatic carbocycles. The van der Waals surface area contributed by atoms with E-state index in [0.29, 0.717) is 16.5 Å². The van der Waals surface area contributed by atoms with Crippen LogP contribution in [0.1, 0.15) is 17.5 Å². The highest BCUT2D eigenvalue weighted by Gasteiger charge is 2.33. The lowest BCUT2D eigenvalue weighted by Gasteiger charge is -2.15. The lowest BCUT2D eigenvalue weighted by molar-refractivity contribution is -0.117. The van der Waals surface area contributed by atoms with Gasteiger partial charge in [0.05, 0.1) is 12.0 Å². The van der Waals surface area contributed by atoms with E-state index in [-0.39, 0.29) is 23.6 Å². The van der Waals surface area contributed by atoms with Crippen molar-refractivity contribution in [1.29, 1.82) is 0 Å². The van der Waals surface area contributed by atoms with Crippen LogP contribution in [0.25, 0.3) is 0 Å². The first kappa shape index (κ1) is 14.3. The van der Waals surface area contributed by atoms with Crippen LogP contribution >= 0.6 is 12.2 Å². The summed E-state index contributed by atoms with van der Waals surface area (Å²) in [5.41, 5.74) is 1.26. The Balaban J connectivity index is 1.75. The van der Waals surface area contributed by atoms with Crippen LogP contribution in [0.3, 0.4) is 0 Å². The number of benzene rings is 1. The summed E-state index contributed by atoms with van der Waals surface area (Å²) < 4.78 is 5.02. The largest absolute Gasteiger partial charge is 0.459 e. The van der Waals surface area contributed by atoms with Crippen molar-refractivity contribution >= 4 is 40.5 Å². The summed E-state index contributed by atoms with van der Waals surface area (Å²) in [5, 5.41) is 5.99. The second-order valence-corrected chi connectivity index (χ2v) is 5.21. The van der Waals surface area contributed by atoms with Crippen molar-refractivity contribution in [3.05, 3.63) is 48.4 Å². The summed E-state index contributed by atoms with van der Waals surface area (Å²) in [6.07, 6.45) is 1.44. The van der Waals surface area contributed by atoms with E-state index in [2.05, 4.69) is 10.6 Å². The van der Waals surface area contributed by atoms with Crippen LogP contribution in [0, 0.1) is 0 Å². The van der Waals surface area contributed by atoms with Crippen LogP contribution in [0.5, 0.6) is 0 Å². The smallest absolute Gasteiger partial charge is 0.291 e. The van der Waals surface area contributed by atoms with Crippen molar-refractivity contribution in [2.75, 3.05) is 10.2 Å². The molecular formula is C15H13N3O3S. The SMILES string of the molecule is C[C@@H]1NC(=S)N(c2ccc(NC(=O)c3ccco3)cc2)C1=O. The Morgan fingerprint density at radius 3 is 2.59 bits per heavy atom. The molecule has 0 unspecified atom stereocenters. The third-order valence-corrected chi connectivity index (χ3v) is 3.56. The molecule has 3 rings (SSSR count). The Morgan fingerprint density at radius 2 is 2.05 bits per heavy atom. The molecular weight excluding hydrogens is 302 g/mol. The Morgan fingerprint density at radius 1 is 1.32 bits per heavy atom. The van der Waals surface area contributed by atoms with Crippen LogP contribution < -0.4 is 15.5 Å². The van der Waals surface area contributed by atoms with Gasteiger partial charge in [0.25, 0.3) is 11.8 Å². The Kier molecular flexibility index (Phi) is 3.64. The fraction of sp³-hybridized carbons (Fsp3) is 0.133. The molecule has 7 heteroatoms. The van der Waals surface area contributed by atoms with Crippen molar-refractivity contribution in [3.8, 4) is 0 Å². The van der Waals surface area contributed by atoms with Gasteiger partial charge in [0, 0.05) is 5.69 Å². The van der Waals surface area contributed by atoms with E-state index in [4.69, 9.17) is 16.6 Å². The number of carbonyl (C=O) groups is 2. The summed E-state index contributed by atoms with van der Waals surface area (Å²) in [6, 6.07) is 9.75. The van der Waals surface area contributed by atoms with Crippen LogP contribution in [0.4, 0.5) is 11.4 Å². The zero-order valence-corrected chi connectivity index (χ0v) is 12.5. The molecule has 0 saturated carbocycles. The third-order valence-electron chi connectivity index (χ3n) is 3.26. The average molecular weight is 315 g/mol. The number of furan rings is 1. The van der Waals surface area contributed by atoms with Gasteiger partial charge in [-0.2, -0.15) is 0 Å². The minimum Gasteiger partial charge on any atom is -0.459 e. The van der Waals surface area contributed by atoms with E-state index in [1.165, 1.54) is 11.2 Å². The van der Waals surface area contributed by atoms with Gasteiger partial charge in [-0.05, 0) is 55.5 Å². The zero-order valence-electron chi connectivity index (χ0n) is 11.7. The van der Waals surface area contributed by atoms with Crippen molar-refractivity contribution < 1.29 is 14.0 Å². The number of nitrogens with one attached hydrogen (secondary N) is 2. The third kappa shape index (κ3) is 2.58. The van der Waals surface area contributed by atoms with Crippen molar-refractivity contribution in [2.45, 2.75) is 13.0 Å². The fourth-order valence-electron chi connectivity index (χ4n) is 2.14. The quantitative estimate of drug-likeness (QED) is 0.849. The predicted molar refractivity (Wildman–Crippen MR) is 85.8 cm³/mol. The molecule has 0 spiro atoms. The maximum Gasteiger partial charge on any atom is 0.291 e. The Bertz CT molecular complexity index is 725. The molecule has 2 aromatic rings. The average Bonchev–Trinajstić information content (AvgIpc) is 3.10. The van der Waals surface area contributed by atoms with Gasteiger partial charge in [-0.1, -0.05) is 0 Å². The summed E-state index contributed by atoms with van der Waals surface area (Å²) in [4.78, 5) is 25.3. The van der Waals surface area contributed by atoms with E-state index in [9.17, 15) is 9.59 Å². The second-order valence-electron chi connectivity index (χ2n) is 4.82. The molecule has 1 aliphatic heterocycles. The first-order valence-electron chi connectivity index (χ1n) is 6.65. The number of anilines is 2. The second kappa shape index (κ2) is 5.61. The minimum absolute atomic E-state index is 0.0997. The topological polar surface area (TPSA) is 74.6 Å². The van der Waals surface area contributed by atoms with Gasteiger partial charge in [-0.3, -0.25) is 14.5 Å². The van der Waals surface area contributed by atoms with E-state index >= 15 is 0 Å². The van der Waals surface area contributed by atoms with Crippen molar-refractivity contribution in [2.24, 2.45) is 0 Å². The van der Waals surface area contributed by atoms with Gasteiger partial charge in [0.15, 0.2) is 10.9 Å². The molecule has 1 atom stereocenters. The first-order valence-corrected chi connectivity index (χ1v) is 7.06. The summed E-state index contributed by atoms with van der Waals surface area (Å²) in [7, 11) is 0. The summed E-state index contributed by atoms with van der Waals surface area (Å²) in [6.45, 7) is 1.76. The van der Waals surface area contributed by atoms with Crippen molar-refractivity contribution in [1.82, 2.24) is 5.32 Å². The van der Waals surface area contributed by atoms with Gasteiger partial charge < -0.3 is 15.1 Å². The highest BCUT2D eigenvalue weighted by atomic mass is 32.1. The monoisotopic (exact) mass is 315 g/mol. The maximum atomic E-state index is 12.0. The minimum atomic E-state index is -0.333. The molecule has 1 fully saturated rings. The number of carbonyl (C=O) groups excluding carboxylic acids is 2. The van der Waals surface area contributed by atoms with Crippen LogP contribution in [-0.2, 0) is 4.79 Å². The highest BCUT2D eigenvalue weighted by Crippen LogP contribution is 2.22. The molecule has 2 amide bonds. The number of thiocarbonyl (C=S) groups is 1. The summed E-state index contributed by atoms with van der Waals surface area (Å²) in [5.74, 6) is -0.198. The molecule has 0 radical (unpaired) electrons. The van der Waals surface area contributed by atoms with E-state index in [1.807, 2.05) is 0 Å². The standard InChI is InChI=1S/C15H13N3O3S/c1-9-14(20)18(15(22)16-9)11-6-4-10(5-7-11)17-13(19)12-3-2-8-21-12/h2-9H,1H3,(H,16,22)(H,17,19)/t9-/m0/s1. The van der Waals surface area contributed by atoms with E-state index in [0.717, 1.165) is 0 Å². The van der Waals surface area contributed by atoms with E-state index in [1.54, 1.807) is 43.3 Å². The molecule has 6 nitrogen and oxygen atoms in total. The molecule has 1 aromatic heterocycles. The molecule has 0 bridgehead atoms. The van der Waals surface area contributed by atoms with Crippen molar-refractivity contribution in [3.63, 3.8) is 0 Å². The molecule has 1 aliphatic rings. The molecule has 112 valence electrons. The van der Waals surface area contributed by atoms with Crippen LogP contribution in [0.2, 0.25) is 0 Å². The number of rotatable bonds is 3. The van der Waals surface area contributed by atoms with E-state index < -0.39 is 0 Å². The van der Waals surface area contributed by atoms with Gasteiger partial charge in [0.2, 0.25) is 0 Å². The number of amides is 2. The van der Waals surface area contributed by atoms with Gasteiger partial charge in [-0.25, -0.2) is 0 Å². The van der Waals surface area contributed by atoms with Gasteiger partial charge in [0.1, 0.15) is 6.04 Å². The van der Waals surface area contributed by atoms with Gasteiger partial charge in [-0.15, -0.1) is 0 Å². The maximum absolute atomic E-state index is 12.0. The number of hydrogen-bond donors (Lipinski definition) is 2. The summed E-state index contributed by atoms with van der Waals surface area (Å²) >= 11 is 5.15. The molecule has 22 heavy (non-hydrogen) atoms. The van der Waals surface area contributed by atoms with Crippen LogP contribution in [-0.4, -0.2) is 23.0 Å². The molecule has 2 N–H and O–H groups in total. The lowest BCUT2D eigenvalue weighted by atomic mass is 10.2. The van der Waals surface area contributed by atoms with Gasteiger partial charge >= 0.3 is 0 Å². The van der Waals surface area contributed by atoms with Crippen LogP contribution in [0.15, 0.2) is 47.1 Å². The molecule has 1 saturated heterocycles. The lowest BCUT2D eigenvalue weighted by Crippen LogP contribution is -2.30. The molecule has 0 aliphatic carbocycles. The Labute approximate surface area is 132 Å². The molecule has 2 heterocycles. The number of nitrogens with zero attached hydrogens (tertiary/aromatic N) is 1. The fourth-order valence-corrected chi connectivity index (χ4v) is 2.52. The first-order chi connectivity index (χ1) is 10.6. The predicted octanol–water partition coefficient (Wildman–Crippen LogP) is 2.14.